The van der Waals surface area contributed by atoms with Gasteiger partial charge >= 0.3 is 17.9 Å². The third-order valence-electron chi connectivity index (χ3n) is 6.37. The molecule has 0 N–H and O–H groups in total. The second kappa shape index (κ2) is 9.47. The summed E-state index contributed by atoms with van der Waals surface area (Å²) in [5, 5.41) is -0.0302. The van der Waals surface area contributed by atoms with Gasteiger partial charge in [-0.15, -0.1) is 6.58 Å². The quantitative estimate of drug-likeness (QED) is 0.168. The zero-order chi connectivity index (χ0) is 23.4. The van der Waals surface area contributed by atoms with Crippen molar-refractivity contribution in [2.45, 2.75) is 63.8 Å². The van der Waals surface area contributed by atoms with E-state index in [-0.39, 0.29) is 17.4 Å². The Hall–Kier alpha value is -1.93. The standard InChI is InChI=1S/C22H36O7Si/c1-10-22(29-30(8,9)20(2,3)4)15-21(22,19(25)28-7)14-12-11-13-16(17(23)26-5)18(24)27-6/h10-12,16H,1,13-15H2,2-9H3/b12-11+. The van der Waals surface area contributed by atoms with Gasteiger partial charge in [0.25, 0.3) is 0 Å². The largest absolute Gasteiger partial charge is 0.468 e. The van der Waals surface area contributed by atoms with Crippen LogP contribution in [-0.4, -0.2) is 53.2 Å². The van der Waals surface area contributed by atoms with Crippen LogP contribution in [0.25, 0.3) is 0 Å². The molecular formula is C22H36O7Si. The molecule has 30 heavy (non-hydrogen) atoms. The second-order valence-electron chi connectivity index (χ2n) is 9.22. The highest BCUT2D eigenvalue weighted by Gasteiger charge is 2.73. The van der Waals surface area contributed by atoms with Gasteiger partial charge in [0.15, 0.2) is 14.2 Å². The molecule has 7 nitrogen and oxygen atoms in total. The highest BCUT2D eigenvalue weighted by molar-refractivity contribution is 6.74. The van der Waals surface area contributed by atoms with Gasteiger partial charge in [-0.1, -0.05) is 39.0 Å². The molecule has 0 bridgehead atoms. The van der Waals surface area contributed by atoms with E-state index in [0.29, 0.717) is 12.8 Å². The van der Waals surface area contributed by atoms with E-state index in [1.165, 1.54) is 21.3 Å². The van der Waals surface area contributed by atoms with Gasteiger partial charge in [0.1, 0.15) is 5.41 Å². The number of hydrogen-bond donors (Lipinski definition) is 0. The minimum atomic E-state index is -2.18. The summed E-state index contributed by atoms with van der Waals surface area (Å²) >= 11 is 0. The molecule has 0 radical (unpaired) electrons. The summed E-state index contributed by atoms with van der Waals surface area (Å²) in [6, 6.07) is 0. The molecule has 8 heteroatoms. The summed E-state index contributed by atoms with van der Waals surface area (Å²) < 4.78 is 21.0. The van der Waals surface area contributed by atoms with Gasteiger partial charge in [-0.3, -0.25) is 14.4 Å². The van der Waals surface area contributed by atoms with Crippen LogP contribution in [0.15, 0.2) is 24.8 Å². The predicted octanol–water partition coefficient (Wildman–Crippen LogP) is 3.79. The fourth-order valence-corrected chi connectivity index (χ4v) is 4.88. The van der Waals surface area contributed by atoms with E-state index in [0.717, 1.165) is 0 Å². The normalized spacial score (nSPS) is 23.9. The van der Waals surface area contributed by atoms with Crippen molar-refractivity contribution in [3.8, 4) is 0 Å². The van der Waals surface area contributed by atoms with Crippen molar-refractivity contribution in [1.82, 2.24) is 0 Å². The summed E-state index contributed by atoms with van der Waals surface area (Å²) in [5.74, 6) is -2.73. The number of carbonyl (C=O) groups excluding carboxylic acids is 3. The Morgan fingerprint density at radius 1 is 1.03 bits per heavy atom. The molecule has 2 unspecified atom stereocenters. The van der Waals surface area contributed by atoms with E-state index in [4.69, 9.17) is 9.16 Å². The molecule has 2 atom stereocenters. The first-order valence-electron chi connectivity index (χ1n) is 10.0. The van der Waals surface area contributed by atoms with E-state index in [2.05, 4.69) is 49.9 Å². The maximum absolute atomic E-state index is 12.7. The van der Waals surface area contributed by atoms with Crippen molar-refractivity contribution < 1.29 is 33.0 Å². The Balaban J connectivity index is 3.05. The van der Waals surface area contributed by atoms with Gasteiger partial charge in [-0.2, -0.15) is 0 Å². The van der Waals surface area contributed by atoms with Gasteiger partial charge in [0.2, 0.25) is 0 Å². The van der Waals surface area contributed by atoms with E-state index >= 15 is 0 Å². The minimum Gasteiger partial charge on any atom is -0.468 e. The molecule has 0 aromatic rings. The van der Waals surface area contributed by atoms with Crippen molar-refractivity contribution in [3.05, 3.63) is 24.8 Å². The molecule has 0 aliphatic heterocycles. The summed E-state index contributed by atoms with van der Waals surface area (Å²) in [7, 11) is 1.62. The van der Waals surface area contributed by atoms with Crippen molar-refractivity contribution in [2.24, 2.45) is 11.3 Å². The lowest BCUT2D eigenvalue weighted by Crippen LogP contribution is -2.46. The summed E-state index contributed by atoms with van der Waals surface area (Å²) in [4.78, 5) is 36.3. The van der Waals surface area contributed by atoms with Gasteiger partial charge in [-0.05, 0) is 37.4 Å². The van der Waals surface area contributed by atoms with Crippen LogP contribution in [-0.2, 0) is 33.0 Å². The van der Waals surface area contributed by atoms with Crippen LogP contribution in [0.4, 0.5) is 0 Å². The van der Waals surface area contributed by atoms with E-state index in [1.807, 2.05) is 0 Å². The monoisotopic (exact) mass is 440 g/mol. The lowest BCUT2D eigenvalue weighted by Gasteiger charge is -2.40. The van der Waals surface area contributed by atoms with E-state index < -0.39 is 37.2 Å². The lowest BCUT2D eigenvalue weighted by molar-refractivity contribution is -0.158. The molecule has 1 saturated carbocycles. The molecule has 0 spiro atoms. The van der Waals surface area contributed by atoms with E-state index in [1.54, 1.807) is 18.2 Å². The Morgan fingerprint density at radius 3 is 1.97 bits per heavy atom. The Morgan fingerprint density at radius 2 is 1.57 bits per heavy atom. The molecular weight excluding hydrogens is 404 g/mol. The first-order chi connectivity index (χ1) is 13.8. The highest BCUT2D eigenvalue weighted by Crippen LogP contribution is 2.65. The topological polar surface area (TPSA) is 88.1 Å². The van der Waals surface area contributed by atoms with Crippen LogP contribution in [0.1, 0.15) is 40.0 Å². The average molecular weight is 441 g/mol. The molecule has 0 aromatic heterocycles. The van der Waals surface area contributed by atoms with Crippen molar-refractivity contribution in [1.29, 1.82) is 0 Å². The number of methoxy groups -OCH3 is 3. The van der Waals surface area contributed by atoms with Crippen molar-refractivity contribution in [2.75, 3.05) is 21.3 Å². The highest BCUT2D eigenvalue weighted by atomic mass is 28.4. The van der Waals surface area contributed by atoms with Crippen molar-refractivity contribution >= 4 is 26.2 Å². The fourth-order valence-electron chi connectivity index (χ4n) is 3.31. The number of esters is 3. The zero-order valence-corrected chi connectivity index (χ0v) is 20.5. The minimum absolute atomic E-state index is 0.0302. The van der Waals surface area contributed by atoms with Gasteiger partial charge in [0, 0.05) is 0 Å². The molecule has 170 valence electrons. The molecule has 0 amide bonds. The summed E-state index contributed by atoms with van der Waals surface area (Å²) in [6.07, 6.45) is 6.10. The molecule has 0 heterocycles. The first kappa shape index (κ1) is 26.1. The average Bonchev–Trinajstić information content (AvgIpc) is 3.32. The summed E-state index contributed by atoms with van der Waals surface area (Å²) in [6.45, 7) is 14.6. The molecule has 1 rings (SSSR count). The smallest absolute Gasteiger partial charge is 0.320 e. The third kappa shape index (κ3) is 5.03. The van der Waals surface area contributed by atoms with Crippen molar-refractivity contribution in [3.63, 3.8) is 0 Å². The van der Waals surface area contributed by atoms with E-state index in [9.17, 15) is 14.4 Å². The van der Waals surface area contributed by atoms with Crippen LogP contribution < -0.4 is 0 Å². The first-order valence-corrected chi connectivity index (χ1v) is 12.9. The Labute approximate surface area is 180 Å². The Bertz CT molecular complexity index is 691. The number of carbonyl (C=O) groups is 3. The number of allylic oxidation sites excluding steroid dienone is 2. The predicted molar refractivity (Wildman–Crippen MR) is 116 cm³/mol. The lowest BCUT2D eigenvalue weighted by atomic mass is 9.96. The van der Waals surface area contributed by atoms with Gasteiger partial charge in [0.05, 0.1) is 26.9 Å². The van der Waals surface area contributed by atoms with Crippen LogP contribution in [0, 0.1) is 11.3 Å². The number of hydrogen-bond acceptors (Lipinski definition) is 7. The molecule has 1 aliphatic carbocycles. The fraction of sp³-hybridized carbons (Fsp3) is 0.682. The second-order valence-corrected chi connectivity index (χ2v) is 13.9. The number of ether oxygens (including phenoxy) is 3. The maximum atomic E-state index is 12.7. The van der Waals surface area contributed by atoms with Crippen LogP contribution >= 0.6 is 0 Å². The molecule has 0 aromatic carbocycles. The van der Waals surface area contributed by atoms with Crippen LogP contribution in [0.2, 0.25) is 18.1 Å². The SMILES string of the molecule is C=CC1(O[Si](C)(C)C(C)(C)C)CC1(C/C=C/CC(C(=O)OC)C(=O)OC)C(=O)OC. The molecule has 0 saturated heterocycles. The zero-order valence-electron chi connectivity index (χ0n) is 19.5. The van der Waals surface area contributed by atoms with Gasteiger partial charge in [-0.25, -0.2) is 0 Å². The Kier molecular flexibility index (Phi) is 8.24. The van der Waals surface area contributed by atoms with Crippen LogP contribution in [0.3, 0.4) is 0 Å². The summed E-state index contributed by atoms with van der Waals surface area (Å²) in [5.41, 5.74) is -1.67. The third-order valence-corrected chi connectivity index (χ3v) is 10.9. The molecule has 1 fully saturated rings. The molecule has 1 aliphatic rings. The number of rotatable bonds is 10. The van der Waals surface area contributed by atoms with Crippen LogP contribution in [0.5, 0.6) is 0 Å². The maximum Gasteiger partial charge on any atom is 0.320 e. The van der Waals surface area contributed by atoms with Gasteiger partial charge < -0.3 is 18.6 Å².